The Kier molecular flexibility index (Phi) is 8.66. The van der Waals surface area contributed by atoms with Gasteiger partial charge < -0.3 is 10.2 Å². The zero-order valence-corrected chi connectivity index (χ0v) is 22.6. The third-order valence-corrected chi connectivity index (χ3v) is 9.84. The fraction of sp³-hybridized carbons (Fsp3) is 0.176. The average molecular weight is 539 g/mol. The molecule has 0 saturated heterocycles. The van der Waals surface area contributed by atoms with Crippen molar-refractivity contribution in [3.8, 4) is 0 Å². The van der Waals surface area contributed by atoms with Crippen LogP contribution in [-0.4, -0.2) is 29.1 Å². The second-order valence-corrected chi connectivity index (χ2v) is 12.0. The molecule has 2 N–H and O–H groups in total. The number of benzene rings is 4. The lowest BCUT2D eigenvalue weighted by Crippen LogP contribution is -2.54. The lowest BCUT2D eigenvalue weighted by Gasteiger charge is -2.41. The molecule has 4 aromatic carbocycles. The average Bonchev–Trinajstić information content (AvgIpc) is 2.95. The molecule has 0 bridgehead atoms. The molecule has 5 heteroatoms. The highest BCUT2D eigenvalue weighted by Gasteiger charge is 2.53. The molecule has 0 radical (unpaired) electrons. The Labute approximate surface area is 231 Å². The maximum atomic E-state index is 14.7. The van der Waals surface area contributed by atoms with Crippen molar-refractivity contribution >= 4 is 9.84 Å². The Morgan fingerprint density at radius 1 is 0.564 bits per heavy atom. The first-order valence-electron chi connectivity index (χ1n) is 12.9. The predicted molar refractivity (Wildman–Crippen MR) is 158 cm³/mol. The molecule has 4 unspecified atom stereocenters. The fourth-order valence-corrected chi connectivity index (χ4v) is 7.74. The number of rotatable bonds is 12. The summed E-state index contributed by atoms with van der Waals surface area (Å²) in [6.45, 7) is 7.72. The van der Waals surface area contributed by atoms with Crippen molar-refractivity contribution in [2.75, 3.05) is 0 Å². The Morgan fingerprint density at radius 3 is 1.13 bits per heavy atom. The lowest BCUT2D eigenvalue weighted by molar-refractivity contribution is 0.0333. The van der Waals surface area contributed by atoms with Crippen molar-refractivity contribution < 1.29 is 18.6 Å². The summed E-state index contributed by atoms with van der Waals surface area (Å²) in [5.74, 6) is 0. The molecule has 0 spiro atoms. The lowest BCUT2D eigenvalue weighted by atomic mass is 9.83. The molecular weight excluding hydrogens is 504 g/mol. The van der Waals surface area contributed by atoms with Crippen LogP contribution in [0.25, 0.3) is 0 Å². The van der Waals surface area contributed by atoms with E-state index in [-0.39, 0.29) is 12.8 Å². The first-order chi connectivity index (χ1) is 18.8. The van der Waals surface area contributed by atoms with Crippen LogP contribution in [0.5, 0.6) is 0 Å². The quantitative estimate of drug-likeness (QED) is 0.225. The molecule has 0 saturated carbocycles. The predicted octanol–water partition coefficient (Wildman–Crippen LogP) is 5.77. The van der Waals surface area contributed by atoms with E-state index in [1.807, 2.05) is 72.8 Å². The van der Waals surface area contributed by atoms with Gasteiger partial charge in [0, 0.05) is 12.8 Å². The molecule has 4 aromatic rings. The molecule has 0 aromatic heterocycles. The second kappa shape index (κ2) is 12.0. The van der Waals surface area contributed by atoms with Crippen LogP contribution in [0.15, 0.2) is 147 Å². The summed E-state index contributed by atoms with van der Waals surface area (Å²) < 4.78 is 29.3. The third kappa shape index (κ3) is 5.81. The van der Waals surface area contributed by atoms with Crippen LogP contribution >= 0.6 is 0 Å². The van der Waals surface area contributed by atoms with E-state index in [9.17, 15) is 18.6 Å². The molecular formula is C34H34O4S. The Balaban J connectivity index is 1.88. The molecule has 0 aliphatic heterocycles. The number of sulfone groups is 1. The number of hydrogen-bond donors (Lipinski definition) is 2. The zero-order valence-electron chi connectivity index (χ0n) is 21.8. The minimum absolute atomic E-state index is 0.0279. The Hall–Kier alpha value is -3.77. The van der Waals surface area contributed by atoms with Crippen LogP contribution in [0.2, 0.25) is 0 Å². The molecule has 0 aliphatic rings. The van der Waals surface area contributed by atoms with E-state index in [1.165, 1.54) is 12.2 Å². The molecule has 0 heterocycles. The van der Waals surface area contributed by atoms with Crippen LogP contribution in [0.1, 0.15) is 22.3 Å². The molecule has 4 rings (SSSR count). The van der Waals surface area contributed by atoms with E-state index in [0.29, 0.717) is 11.1 Å². The van der Waals surface area contributed by atoms with Gasteiger partial charge >= 0.3 is 0 Å². The normalized spacial score (nSPS) is 16.3. The van der Waals surface area contributed by atoms with Crippen molar-refractivity contribution in [3.63, 3.8) is 0 Å². The smallest absolute Gasteiger partial charge is 0.169 e. The van der Waals surface area contributed by atoms with Gasteiger partial charge in [0.1, 0.15) is 21.7 Å². The molecule has 200 valence electrons. The van der Waals surface area contributed by atoms with Gasteiger partial charge in [-0.3, -0.25) is 0 Å². The van der Waals surface area contributed by atoms with Crippen LogP contribution in [0.4, 0.5) is 0 Å². The summed E-state index contributed by atoms with van der Waals surface area (Å²) in [6, 6.07) is 36.0. The van der Waals surface area contributed by atoms with Crippen molar-refractivity contribution in [3.05, 3.63) is 169 Å². The molecule has 4 nitrogen and oxygen atoms in total. The zero-order chi connectivity index (χ0) is 27.9. The van der Waals surface area contributed by atoms with Gasteiger partial charge in [-0.05, 0) is 22.3 Å². The van der Waals surface area contributed by atoms with Gasteiger partial charge in [-0.25, -0.2) is 8.42 Å². The maximum Gasteiger partial charge on any atom is 0.169 e. The summed E-state index contributed by atoms with van der Waals surface area (Å²) in [4.78, 5) is 0. The molecule has 0 aliphatic carbocycles. The largest absolute Gasteiger partial charge is 0.383 e. The van der Waals surface area contributed by atoms with Gasteiger partial charge in [0.25, 0.3) is 0 Å². The molecule has 39 heavy (non-hydrogen) atoms. The van der Waals surface area contributed by atoms with Gasteiger partial charge in [0.15, 0.2) is 9.84 Å². The third-order valence-electron chi connectivity index (χ3n) is 7.26. The highest BCUT2D eigenvalue weighted by Crippen LogP contribution is 2.41. The Bertz CT molecular complexity index is 1360. The number of aliphatic hydroxyl groups is 2. The number of hydrogen-bond acceptors (Lipinski definition) is 4. The van der Waals surface area contributed by atoms with Crippen LogP contribution < -0.4 is 0 Å². The first kappa shape index (κ1) is 28.2. The Morgan fingerprint density at radius 2 is 0.846 bits per heavy atom. The highest BCUT2D eigenvalue weighted by atomic mass is 32.2. The summed E-state index contributed by atoms with van der Waals surface area (Å²) in [5.41, 5.74) is -1.32. The van der Waals surface area contributed by atoms with Crippen molar-refractivity contribution in [2.45, 2.75) is 34.5 Å². The van der Waals surface area contributed by atoms with Gasteiger partial charge in [0.2, 0.25) is 0 Å². The SMILES string of the molecule is C=CC(C(O)(Cc1ccccc1)c1ccccc1)S(=O)(=O)C(C=C)C(O)(Cc1ccccc1)c1ccccc1. The molecule has 0 amide bonds. The van der Waals surface area contributed by atoms with E-state index in [0.717, 1.165) is 11.1 Å². The van der Waals surface area contributed by atoms with Gasteiger partial charge in [0.05, 0.1) is 0 Å². The summed E-state index contributed by atoms with van der Waals surface area (Å²) in [7, 11) is -4.35. The van der Waals surface area contributed by atoms with Crippen LogP contribution in [0.3, 0.4) is 0 Å². The topological polar surface area (TPSA) is 74.6 Å². The van der Waals surface area contributed by atoms with Gasteiger partial charge in [-0.1, -0.05) is 133 Å². The van der Waals surface area contributed by atoms with E-state index >= 15 is 0 Å². The fourth-order valence-electron chi connectivity index (χ4n) is 5.36. The maximum absolute atomic E-state index is 14.7. The summed E-state index contributed by atoms with van der Waals surface area (Å²) >= 11 is 0. The minimum Gasteiger partial charge on any atom is -0.383 e. The van der Waals surface area contributed by atoms with Gasteiger partial charge in [-0.2, -0.15) is 0 Å². The summed E-state index contributed by atoms with van der Waals surface area (Å²) in [5, 5.41) is 21.8. The van der Waals surface area contributed by atoms with Gasteiger partial charge in [-0.15, -0.1) is 13.2 Å². The van der Waals surface area contributed by atoms with E-state index in [2.05, 4.69) is 13.2 Å². The molecule has 0 fully saturated rings. The van der Waals surface area contributed by atoms with Crippen LogP contribution in [0, 0.1) is 0 Å². The van der Waals surface area contributed by atoms with Crippen LogP contribution in [-0.2, 0) is 33.9 Å². The monoisotopic (exact) mass is 538 g/mol. The summed E-state index contributed by atoms with van der Waals surface area (Å²) in [6.07, 6.45) is 2.60. The van der Waals surface area contributed by atoms with E-state index in [1.54, 1.807) is 48.5 Å². The first-order valence-corrected chi connectivity index (χ1v) is 14.5. The van der Waals surface area contributed by atoms with Crippen molar-refractivity contribution in [1.29, 1.82) is 0 Å². The van der Waals surface area contributed by atoms with Crippen molar-refractivity contribution in [1.82, 2.24) is 0 Å². The van der Waals surface area contributed by atoms with E-state index in [4.69, 9.17) is 0 Å². The van der Waals surface area contributed by atoms with E-state index < -0.39 is 31.5 Å². The second-order valence-electron chi connectivity index (χ2n) is 9.81. The minimum atomic E-state index is -4.35. The standard InChI is InChI=1S/C34H34O4S/c1-3-31(33(35,29-21-13-7-14-22-29)25-27-17-9-5-10-18-27)39(37,38)32(4-2)34(36,30-23-15-8-16-24-30)26-28-19-11-6-12-20-28/h3-24,31-32,35-36H,1-2,25-26H2. The molecule has 4 atom stereocenters. The highest BCUT2D eigenvalue weighted by molar-refractivity contribution is 7.93. The van der Waals surface area contributed by atoms with Crippen molar-refractivity contribution in [2.24, 2.45) is 0 Å².